The molecule has 0 saturated carbocycles. The summed E-state index contributed by atoms with van der Waals surface area (Å²) in [6.45, 7) is 7.66. The van der Waals surface area contributed by atoms with Gasteiger partial charge >= 0.3 is 0 Å². The van der Waals surface area contributed by atoms with E-state index in [1.807, 2.05) is 37.0 Å². The lowest BCUT2D eigenvalue weighted by Crippen LogP contribution is -1.90. The molecule has 0 spiro atoms. The van der Waals surface area contributed by atoms with Crippen LogP contribution in [0.15, 0.2) is 24.9 Å². The minimum Gasteiger partial charge on any atom is -0.245 e. The Bertz CT molecular complexity index is 282. The lowest BCUT2D eigenvalue weighted by Gasteiger charge is -1.94. The molecule has 0 fully saturated rings. The van der Waals surface area contributed by atoms with Gasteiger partial charge in [-0.15, -0.1) is 0 Å². The maximum absolute atomic E-state index is 4.13. The van der Waals surface area contributed by atoms with E-state index >= 15 is 0 Å². The van der Waals surface area contributed by atoms with Gasteiger partial charge in [0, 0.05) is 11.9 Å². The fourth-order valence-electron chi connectivity index (χ4n) is 0.802. The molecule has 58 valence electrons. The summed E-state index contributed by atoms with van der Waals surface area (Å²) in [5.74, 6) is 0. The van der Waals surface area contributed by atoms with Crippen molar-refractivity contribution in [3.8, 4) is 0 Å². The Morgan fingerprint density at radius 2 is 2.27 bits per heavy atom. The fourth-order valence-corrected chi connectivity index (χ4v) is 0.802. The second kappa shape index (κ2) is 3.19. The Kier molecular flexibility index (Phi) is 2.26. The summed E-state index contributed by atoms with van der Waals surface area (Å²) in [5.41, 5.74) is 2.38. The van der Waals surface area contributed by atoms with Crippen molar-refractivity contribution in [1.29, 1.82) is 0 Å². The molecule has 0 saturated heterocycles. The van der Waals surface area contributed by atoms with Crippen LogP contribution in [0.3, 0.4) is 0 Å². The van der Waals surface area contributed by atoms with E-state index in [1.54, 1.807) is 6.08 Å². The highest BCUT2D eigenvalue weighted by molar-refractivity contribution is 5.30. The molecule has 0 aliphatic rings. The van der Waals surface area contributed by atoms with E-state index in [4.69, 9.17) is 0 Å². The van der Waals surface area contributed by atoms with Crippen molar-refractivity contribution in [2.24, 2.45) is 0 Å². The van der Waals surface area contributed by atoms with Gasteiger partial charge in [-0.25, -0.2) is 4.68 Å². The molecule has 1 heterocycles. The van der Waals surface area contributed by atoms with Crippen LogP contribution in [0.1, 0.15) is 11.3 Å². The number of aryl methyl sites for hydroxylation is 1. The zero-order valence-electron chi connectivity index (χ0n) is 6.91. The highest BCUT2D eigenvalue weighted by Gasteiger charge is 1.96. The Labute approximate surface area is 66.8 Å². The molecule has 0 bridgehead atoms. The van der Waals surface area contributed by atoms with Crippen LogP contribution < -0.4 is 0 Å². The predicted octanol–water partition coefficient (Wildman–Crippen LogP) is 2.16. The summed E-state index contributed by atoms with van der Waals surface area (Å²) in [6, 6.07) is 0. The van der Waals surface area contributed by atoms with Crippen molar-refractivity contribution in [3.63, 3.8) is 0 Å². The first-order chi connectivity index (χ1) is 5.25. The molecule has 0 N–H and O–H groups in total. The topological polar surface area (TPSA) is 17.8 Å². The van der Waals surface area contributed by atoms with Crippen LogP contribution in [0.2, 0.25) is 0 Å². The van der Waals surface area contributed by atoms with Crippen LogP contribution in [-0.2, 0) is 0 Å². The molecular weight excluding hydrogens is 136 g/mol. The van der Waals surface area contributed by atoms with Crippen LogP contribution in [0.25, 0.3) is 6.20 Å². The number of nitrogens with zero attached hydrogens (tertiary/aromatic N) is 2. The third kappa shape index (κ3) is 1.58. The van der Waals surface area contributed by atoms with Crippen LogP contribution >= 0.6 is 0 Å². The number of hydrogen-bond acceptors (Lipinski definition) is 1. The van der Waals surface area contributed by atoms with Gasteiger partial charge in [0.2, 0.25) is 0 Å². The van der Waals surface area contributed by atoms with Gasteiger partial charge in [-0.05, 0) is 25.5 Å². The van der Waals surface area contributed by atoms with E-state index in [0.717, 1.165) is 0 Å². The minimum absolute atomic E-state index is 1.17. The first-order valence-corrected chi connectivity index (χ1v) is 3.55. The summed E-state index contributed by atoms with van der Waals surface area (Å²) < 4.78 is 1.83. The number of rotatable bonds is 2. The summed E-state index contributed by atoms with van der Waals surface area (Å²) in [4.78, 5) is 0. The molecule has 0 amide bonds. The summed E-state index contributed by atoms with van der Waals surface area (Å²) in [6.07, 6.45) is 7.33. The van der Waals surface area contributed by atoms with E-state index in [2.05, 4.69) is 11.7 Å². The van der Waals surface area contributed by atoms with Crippen LogP contribution in [0.5, 0.6) is 0 Å². The van der Waals surface area contributed by atoms with E-state index in [1.165, 1.54) is 11.3 Å². The number of aromatic nitrogens is 2. The minimum atomic E-state index is 1.17. The van der Waals surface area contributed by atoms with Gasteiger partial charge in [0.05, 0.1) is 6.20 Å². The standard InChI is InChI=1S/C9H12N2/c1-4-5-6-11-9(3)8(2)7-10-11/h4-7H,1H2,2-3H3/b6-5-. The lowest BCUT2D eigenvalue weighted by atomic mass is 10.3. The van der Waals surface area contributed by atoms with Gasteiger partial charge in [0.1, 0.15) is 0 Å². The van der Waals surface area contributed by atoms with Crippen LogP contribution in [0.4, 0.5) is 0 Å². The third-order valence-electron chi connectivity index (χ3n) is 1.65. The molecule has 0 atom stereocenters. The smallest absolute Gasteiger partial charge is 0.0525 e. The summed E-state index contributed by atoms with van der Waals surface area (Å²) >= 11 is 0. The van der Waals surface area contributed by atoms with Crippen molar-refractivity contribution in [2.45, 2.75) is 13.8 Å². The Morgan fingerprint density at radius 3 is 2.73 bits per heavy atom. The second-order valence-corrected chi connectivity index (χ2v) is 2.43. The van der Waals surface area contributed by atoms with E-state index < -0.39 is 0 Å². The fraction of sp³-hybridized carbons (Fsp3) is 0.222. The molecule has 1 aromatic rings. The van der Waals surface area contributed by atoms with Crippen LogP contribution in [0, 0.1) is 13.8 Å². The SMILES string of the molecule is C=C/C=C\n1ncc(C)c1C. The molecule has 2 nitrogen and oxygen atoms in total. The predicted molar refractivity (Wildman–Crippen MR) is 47.2 cm³/mol. The van der Waals surface area contributed by atoms with Crippen molar-refractivity contribution >= 4 is 6.20 Å². The molecular formula is C9H12N2. The van der Waals surface area contributed by atoms with E-state index in [9.17, 15) is 0 Å². The van der Waals surface area contributed by atoms with Crippen LogP contribution in [-0.4, -0.2) is 9.78 Å². The first-order valence-electron chi connectivity index (χ1n) is 3.55. The maximum Gasteiger partial charge on any atom is 0.0525 e. The molecule has 0 aliphatic carbocycles. The molecule has 0 radical (unpaired) electrons. The molecule has 0 aliphatic heterocycles. The summed E-state index contributed by atoms with van der Waals surface area (Å²) in [5, 5.41) is 4.13. The normalized spacial score (nSPS) is 10.7. The Balaban J connectivity index is 2.95. The molecule has 1 aromatic heterocycles. The van der Waals surface area contributed by atoms with Crippen molar-refractivity contribution in [1.82, 2.24) is 9.78 Å². The largest absolute Gasteiger partial charge is 0.245 e. The quantitative estimate of drug-likeness (QED) is 0.587. The molecule has 0 aromatic carbocycles. The third-order valence-corrected chi connectivity index (χ3v) is 1.65. The average molecular weight is 148 g/mol. The zero-order valence-corrected chi connectivity index (χ0v) is 6.91. The molecule has 2 heteroatoms. The monoisotopic (exact) mass is 148 g/mol. The number of allylic oxidation sites excluding steroid dienone is 2. The van der Waals surface area contributed by atoms with Gasteiger partial charge in [-0.1, -0.05) is 12.7 Å². The first kappa shape index (κ1) is 7.79. The highest BCUT2D eigenvalue weighted by atomic mass is 15.3. The van der Waals surface area contributed by atoms with Gasteiger partial charge in [-0.2, -0.15) is 5.10 Å². The zero-order chi connectivity index (χ0) is 8.27. The van der Waals surface area contributed by atoms with Crippen molar-refractivity contribution in [2.75, 3.05) is 0 Å². The molecule has 0 unspecified atom stereocenters. The average Bonchev–Trinajstić information content (AvgIpc) is 2.31. The van der Waals surface area contributed by atoms with Gasteiger partial charge in [0.15, 0.2) is 0 Å². The highest BCUT2D eigenvalue weighted by Crippen LogP contribution is 2.04. The summed E-state index contributed by atoms with van der Waals surface area (Å²) in [7, 11) is 0. The van der Waals surface area contributed by atoms with Gasteiger partial charge < -0.3 is 0 Å². The van der Waals surface area contributed by atoms with Gasteiger partial charge in [-0.3, -0.25) is 0 Å². The Morgan fingerprint density at radius 1 is 1.55 bits per heavy atom. The van der Waals surface area contributed by atoms with E-state index in [0.29, 0.717) is 0 Å². The molecule has 1 rings (SSSR count). The van der Waals surface area contributed by atoms with Crippen molar-refractivity contribution in [3.05, 3.63) is 36.2 Å². The lowest BCUT2D eigenvalue weighted by molar-refractivity contribution is 0.896. The maximum atomic E-state index is 4.13. The Hall–Kier alpha value is -1.31. The molecule has 11 heavy (non-hydrogen) atoms. The van der Waals surface area contributed by atoms with Crippen molar-refractivity contribution < 1.29 is 0 Å². The van der Waals surface area contributed by atoms with E-state index in [-0.39, 0.29) is 0 Å². The second-order valence-electron chi connectivity index (χ2n) is 2.43. The number of hydrogen-bond donors (Lipinski definition) is 0. The van der Waals surface area contributed by atoms with Gasteiger partial charge in [0.25, 0.3) is 0 Å².